The number of ketones is 1. The fourth-order valence-corrected chi connectivity index (χ4v) is 6.17. The molecule has 6 rings (SSSR count). The van der Waals surface area contributed by atoms with Gasteiger partial charge < -0.3 is 20.6 Å². The van der Waals surface area contributed by atoms with Crippen LogP contribution in [0.1, 0.15) is 26.3 Å². The van der Waals surface area contributed by atoms with Crippen molar-refractivity contribution in [3.63, 3.8) is 0 Å². The number of nitrogen functional groups attached to an aromatic ring is 1. The first kappa shape index (κ1) is 29.6. The van der Waals surface area contributed by atoms with Crippen LogP contribution in [0.2, 0.25) is 10.0 Å². The predicted octanol–water partition coefficient (Wildman–Crippen LogP) is 6.47. The van der Waals surface area contributed by atoms with Crippen molar-refractivity contribution in [1.82, 2.24) is 19.4 Å². The van der Waals surface area contributed by atoms with Crippen LogP contribution in [-0.2, 0) is 0 Å². The Kier molecular flexibility index (Phi) is 8.02. The first-order chi connectivity index (χ1) is 21.1. The van der Waals surface area contributed by atoms with Crippen LogP contribution in [0.4, 0.5) is 16.3 Å². The number of aromatic nitrogens is 3. The SMILES string of the molecule is Nc1cccc(C(=O)c2cn(C(=O)c3c(Cl)cccc3Cl)c3ncc(-c4ccc(N5CCN(C(=O)O)CC5)nc4)cc23)c1Br. The Bertz CT molecular complexity index is 1940. The summed E-state index contributed by atoms with van der Waals surface area (Å²) < 4.78 is 1.72. The summed E-state index contributed by atoms with van der Waals surface area (Å²) in [6, 6.07) is 15.3. The van der Waals surface area contributed by atoms with Gasteiger partial charge in [-0.3, -0.25) is 14.2 Å². The van der Waals surface area contributed by atoms with E-state index in [2.05, 4.69) is 25.9 Å². The van der Waals surface area contributed by atoms with Gasteiger partial charge in [-0.05, 0) is 58.4 Å². The number of piperazine rings is 1. The normalized spacial score (nSPS) is 13.3. The third-order valence-corrected chi connectivity index (χ3v) is 9.03. The number of anilines is 2. The second-order valence-corrected chi connectivity index (χ2v) is 11.7. The first-order valence-corrected chi connectivity index (χ1v) is 15.0. The molecule has 13 heteroatoms. The molecule has 0 aliphatic carbocycles. The summed E-state index contributed by atoms with van der Waals surface area (Å²) in [5, 5.41) is 9.99. The van der Waals surface area contributed by atoms with E-state index < -0.39 is 12.0 Å². The van der Waals surface area contributed by atoms with Gasteiger partial charge in [0.2, 0.25) is 0 Å². The number of fused-ring (bicyclic) bond motifs is 1. The Hall–Kier alpha value is -4.45. The molecule has 0 unspecified atom stereocenters. The number of pyridine rings is 2. The van der Waals surface area contributed by atoms with Crippen molar-refractivity contribution in [3.8, 4) is 11.1 Å². The highest BCUT2D eigenvalue weighted by molar-refractivity contribution is 9.10. The largest absolute Gasteiger partial charge is 0.465 e. The number of amides is 1. The van der Waals surface area contributed by atoms with Gasteiger partial charge >= 0.3 is 6.09 Å². The van der Waals surface area contributed by atoms with E-state index in [0.717, 1.165) is 11.4 Å². The van der Waals surface area contributed by atoms with Crippen LogP contribution < -0.4 is 10.6 Å². The minimum Gasteiger partial charge on any atom is -0.465 e. The van der Waals surface area contributed by atoms with E-state index in [1.165, 1.54) is 15.7 Å². The number of hydrogen-bond acceptors (Lipinski definition) is 7. The maximum atomic E-state index is 13.9. The Morgan fingerprint density at radius 2 is 1.55 bits per heavy atom. The lowest BCUT2D eigenvalue weighted by Gasteiger charge is -2.33. The number of carbonyl (C=O) groups is 3. The Balaban J connectivity index is 1.42. The lowest BCUT2D eigenvalue weighted by atomic mass is 10.0. The number of nitrogens with two attached hydrogens (primary N) is 1. The van der Waals surface area contributed by atoms with Crippen LogP contribution in [0.15, 0.2) is 77.7 Å². The van der Waals surface area contributed by atoms with Gasteiger partial charge in [0.15, 0.2) is 5.78 Å². The van der Waals surface area contributed by atoms with Gasteiger partial charge in [-0.2, -0.15) is 0 Å². The van der Waals surface area contributed by atoms with E-state index in [1.807, 2.05) is 17.0 Å². The van der Waals surface area contributed by atoms with Crippen LogP contribution in [0.3, 0.4) is 0 Å². The van der Waals surface area contributed by atoms with Crippen molar-refractivity contribution < 1.29 is 19.5 Å². The smallest absolute Gasteiger partial charge is 0.407 e. The topological polar surface area (TPSA) is 135 Å². The number of rotatable bonds is 5. The zero-order valence-corrected chi connectivity index (χ0v) is 26.0. The fourth-order valence-electron chi connectivity index (χ4n) is 5.16. The summed E-state index contributed by atoms with van der Waals surface area (Å²) in [5.41, 5.74) is 8.77. The van der Waals surface area contributed by atoms with Crippen LogP contribution >= 0.6 is 39.1 Å². The minimum absolute atomic E-state index is 0.0896. The summed E-state index contributed by atoms with van der Waals surface area (Å²) in [4.78, 5) is 51.5. The molecule has 4 heterocycles. The first-order valence-electron chi connectivity index (χ1n) is 13.4. The third-order valence-electron chi connectivity index (χ3n) is 7.51. The summed E-state index contributed by atoms with van der Waals surface area (Å²) >= 11 is 16.1. The summed E-state index contributed by atoms with van der Waals surface area (Å²) in [7, 11) is 0. The van der Waals surface area contributed by atoms with E-state index in [9.17, 15) is 19.5 Å². The molecular weight excluding hydrogens is 671 g/mol. The summed E-state index contributed by atoms with van der Waals surface area (Å²) in [6.45, 7) is 1.87. The van der Waals surface area contributed by atoms with Gasteiger partial charge in [0.05, 0.1) is 25.6 Å². The molecule has 0 radical (unpaired) electrons. The van der Waals surface area contributed by atoms with Crippen molar-refractivity contribution in [1.29, 1.82) is 0 Å². The van der Waals surface area contributed by atoms with Gasteiger partial charge in [-0.15, -0.1) is 0 Å². The Labute approximate surface area is 269 Å². The van der Waals surface area contributed by atoms with Gasteiger partial charge in [-0.25, -0.2) is 14.8 Å². The van der Waals surface area contributed by atoms with Crippen LogP contribution in [0.5, 0.6) is 0 Å². The van der Waals surface area contributed by atoms with Crippen molar-refractivity contribution in [3.05, 3.63) is 104 Å². The van der Waals surface area contributed by atoms with Gasteiger partial charge in [0.1, 0.15) is 11.5 Å². The zero-order valence-electron chi connectivity index (χ0n) is 22.9. The molecule has 1 fully saturated rings. The van der Waals surface area contributed by atoms with Gasteiger partial charge in [-0.1, -0.05) is 35.3 Å². The fraction of sp³-hybridized carbons (Fsp3) is 0.129. The zero-order chi connectivity index (χ0) is 31.1. The maximum absolute atomic E-state index is 13.9. The quantitative estimate of drug-likeness (QED) is 0.158. The van der Waals surface area contributed by atoms with Crippen molar-refractivity contribution in [2.45, 2.75) is 0 Å². The monoisotopic (exact) mass is 692 g/mol. The standard InChI is InChI=1S/C31H23BrCl2N6O4/c32-27-19(3-1-6-24(27)35)28(41)21-16-40(30(42)26-22(33)4-2-5-23(26)34)29-20(21)13-18(15-37-29)17-7-8-25(36-14-17)38-9-11-39(12-10-38)31(43)44/h1-8,13-16H,9-12,35H2,(H,43,44). The molecule has 0 bridgehead atoms. The Morgan fingerprint density at radius 3 is 2.20 bits per heavy atom. The van der Waals surface area contributed by atoms with Gasteiger partial charge in [0, 0.05) is 72.5 Å². The van der Waals surface area contributed by atoms with Crippen LogP contribution in [0, 0.1) is 0 Å². The molecule has 5 aromatic rings. The third kappa shape index (κ3) is 5.38. The molecule has 222 valence electrons. The number of carbonyl (C=O) groups excluding carboxylic acids is 2. The van der Waals surface area contributed by atoms with Crippen molar-refractivity contribution in [2.75, 3.05) is 36.8 Å². The highest BCUT2D eigenvalue weighted by atomic mass is 79.9. The highest BCUT2D eigenvalue weighted by Crippen LogP contribution is 2.33. The molecule has 3 N–H and O–H groups in total. The second-order valence-electron chi connectivity index (χ2n) is 10.1. The Morgan fingerprint density at radius 1 is 0.864 bits per heavy atom. The lowest BCUT2D eigenvalue weighted by molar-refractivity contribution is 0.0964. The van der Waals surface area contributed by atoms with E-state index in [1.54, 1.807) is 54.9 Å². The molecule has 1 aliphatic rings. The lowest BCUT2D eigenvalue weighted by Crippen LogP contribution is -2.48. The van der Waals surface area contributed by atoms with Gasteiger partial charge in [0.25, 0.3) is 5.91 Å². The van der Waals surface area contributed by atoms with Crippen molar-refractivity contribution in [2.24, 2.45) is 0 Å². The van der Waals surface area contributed by atoms with E-state index in [-0.39, 0.29) is 32.6 Å². The maximum Gasteiger partial charge on any atom is 0.407 e. The molecule has 0 spiro atoms. The van der Waals surface area contributed by atoms with E-state index >= 15 is 0 Å². The van der Waals surface area contributed by atoms with Crippen LogP contribution in [-0.4, -0.2) is 68.5 Å². The predicted molar refractivity (Wildman–Crippen MR) is 173 cm³/mol. The molecule has 0 saturated carbocycles. The van der Waals surface area contributed by atoms with Crippen LogP contribution in [0.25, 0.3) is 22.2 Å². The average Bonchev–Trinajstić information content (AvgIpc) is 3.41. The molecule has 1 saturated heterocycles. The van der Waals surface area contributed by atoms with E-state index in [0.29, 0.717) is 52.9 Å². The second kappa shape index (κ2) is 11.9. The molecule has 2 aromatic carbocycles. The molecule has 3 aromatic heterocycles. The number of benzene rings is 2. The molecule has 1 amide bonds. The summed E-state index contributed by atoms with van der Waals surface area (Å²) in [6.07, 6.45) is 3.82. The number of nitrogens with zero attached hydrogens (tertiary/aromatic N) is 5. The summed E-state index contributed by atoms with van der Waals surface area (Å²) in [5.74, 6) is -0.173. The molecule has 44 heavy (non-hydrogen) atoms. The molecule has 0 atom stereocenters. The van der Waals surface area contributed by atoms with E-state index in [4.69, 9.17) is 28.9 Å². The molecule has 1 aliphatic heterocycles. The minimum atomic E-state index is -0.928. The number of carboxylic acid groups (broad SMARTS) is 1. The number of hydrogen-bond donors (Lipinski definition) is 2. The molecular formula is C31H23BrCl2N6O4. The molecule has 10 nitrogen and oxygen atoms in total. The average molecular weight is 694 g/mol. The number of halogens is 3. The van der Waals surface area contributed by atoms with Crippen molar-refractivity contribution >= 4 is 79.5 Å². The highest BCUT2D eigenvalue weighted by Gasteiger charge is 2.26.